The Bertz CT molecular complexity index is 1430. The van der Waals surface area contributed by atoms with E-state index in [1.165, 1.54) is 6.07 Å². The molecule has 0 bridgehead atoms. The zero-order chi connectivity index (χ0) is 24.2. The van der Waals surface area contributed by atoms with E-state index in [4.69, 9.17) is 5.73 Å². The van der Waals surface area contributed by atoms with Crippen LogP contribution >= 0.6 is 11.3 Å². The van der Waals surface area contributed by atoms with Crippen molar-refractivity contribution in [2.45, 2.75) is 27.2 Å². The van der Waals surface area contributed by atoms with Gasteiger partial charge < -0.3 is 11.1 Å². The van der Waals surface area contributed by atoms with E-state index < -0.39 is 23.9 Å². The van der Waals surface area contributed by atoms with Gasteiger partial charge in [0.1, 0.15) is 15.4 Å². The Balaban J connectivity index is 2.00. The van der Waals surface area contributed by atoms with Crippen LogP contribution in [-0.4, -0.2) is 36.4 Å². The number of thiophene rings is 1. The van der Waals surface area contributed by atoms with E-state index in [0.29, 0.717) is 39.2 Å². The molecule has 0 aromatic carbocycles. The Morgan fingerprint density at radius 2 is 1.82 bits per heavy atom. The summed E-state index contributed by atoms with van der Waals surface area (Å²) in [4.78, 5) is 29.7. The van der Waals surface area contributed by atoms with Gasteiger partial charge in [0.05, 0.1) is 23.1 Å². The predicted octanol–water partition coefficient (Wildman–Crippen LogP) is 3.64. The number of fused-ring (bicyclic) bond motifs is 1. The van der Waals surface area contributed by atoms with Gasteiger partial charge in [-0.3, -0.25) is 19.0 Å². The van der Waals surface area contributed by atoms with Crippen LogP contribution in [0.15, 0.2) is 12.3 Å². The van der Waals surface area contributed by atoms with E-state index in [-0.39, 0.29) is 15.4 Å². The molecule has 4 aromatic rings. The van der Waals surface area contributed by atoms with E-state index in [1.807, 2.05) is 0 Å². The van der Waals surface area contributed by atoms with Crippen LogP contribution in [-0.2, 0) is 14.1 Å². The van der Waals surface area contributed by atoms with Gasteiger partial charge in [-0.1, -0.05) is 0 Å². The Labute approximate surface area is 191 Å². The molecule has 2 amide bonds. The minimum Gasteiger partial charge on any atom is -0.365 e. The number of anilines is 1. The van der Waals surface area contributed by atoms with Crippen LogP contribution in [0.25, 0.3) is 21.3 Å². The highest BCUT2D eigenvalue weighted by molar-refractivity contribution is 7.21. The van der Waals surface area contributed by atoms with Crippen LogP contribution in [0.4, 0.5) is 14.5 Å². The maximum atomic E-state index is 13.6. The Morgan fingerprint density at radius 3 is 2.33 bits per heavy atom. The Hall–Kier alpha value is -3.67. The molecule has 3 N–H and O–H groups in total. The fraction of sp³-hybridized carbons (Fsp3) is 0.286. The number of pyridine rings is 1. The fourth-order valence-corrected chi connectivity index (χ4v) is 4.79. The van der Waals surface area contributed by atoms with Gasteiger partial charge in [-0.05, 0) is 32.4 Å². The molecule has 33 heavy (non-hydrogen) atoms. The average molecular weight is 474 g/mol. The molecule has 0 atom stereocenters. The summed E-state index contributed by atoms with van der Waals surface area (Å²) in [5.41, 5.74) is 8.42. The molecular formula is C21H21F2N7O2S. The number of hydrogen-bond acceptors (Lipinski definition) is 6. The van der Waals surface area contributed by atoms with Crippen molar-refractivity contribution in [2.24, 2.45) is 19.8 Å². The zero-order valence-electron chi connectivity index (χ0n) is 18.5. The molecule has 4 aromatic heterocycles. The second-order valence-corrected chi connectivity index (χ2v) is 8.64. The fourth-order valence-electron chi connectivity index (χ4n) is 3.78. The SMILES string of the molecule is Cc1nn(C)c(C)c1C(=O)Nc1c(C(N)=O)sc2nc(C(F)F)cc(-c3cnn(C)c3C)c12. The molecule has 4 heterocycles. The second kappa shape index (κ2) is 8.03. The molecular weight excluding hydrogens is 452 g/mol. The number of carbonyl (C=O) groups excluding carboxylic acids is 2. The smallest absolute Gasteiger partial charge is 0.280 e. The van der Waals surface area contributed by atoms with Crippen LogP contribution in [0.2, 0.25) is 0 Å². The summed E-state index contributed by atoms with van der Waals surface area (Å²) in [7, 11) is 3.44. The number of alkyl halides is 2. The van der Waals surface area contributed by atoms with Gasteiger partial charge in [-0.2, -0.15) is 10.2 Å². The van der Waals surface area contributed by atoms with Crippen LogP contribution in [0, 0.1) is 20.8 Å². The van der Waals surface area contributed by atoms with Gasteiger partial charge in [-0.15, -0.1) is 11.3 Å². The molecule has 0 aliphatic rings. The third-order valence-electron chi connectivity index (χ3n) is 5.63. The molecule has 9 nitrogen and oxygen atoms in total. The molecule has 0 aliphatic carbocycles. The molecule has 0 unspecified atom stereocenters. The normalized spacial score (nSPS) is 11.5. The second-order valence-electron chi connectivity index (χ2n) is 7.64. The standard InChI is InChI=1S/C21H21F2N7O2S/c1-8-14(10(3)30(5)28-8)20(32)27-16-15-11(12-7-25-29(4)9(12)2)6-13(18(22)23)26-21(15)33-17(16)19(24)31/h6-7,18H,1-5H3,(H2,24,31)(H,27,32). The molecule has 12 heteroatoms. The lowest BCUT2D eigenvalue weighted by Crippen LogP contribution is -2.18. The average Bonchev–Trinajstić information content (AvgIpc) is 3.35. The number of primary amides is 1. The molecule has 0 fully saturated rings. The first-order valence-electron chi connectivity index (χ1n) is 9.87. The van der Waals surface area contributed by atoms with Crippen LogP contribution in [0.5, 0.6) is 0 Å². The monoisotopic (exact) mass is 473 g/mol. The van der Waals surface area contributed by atoms with Crippen molar-refractivity contribution < 1.29 is 18.4 Å². The molecule has 0 saturated heterocycles. The van der Waals surface area contributed by atoms with Gasteiger partial charge in [-0.25, -0.2) is 13.8 Å². The summed E-state index contributed by atoms with van der Waals surface area (Å²) in [5, 5.41) is 11.6. The van der Waals surface area contributed by atoms with Crippen LogP contribution in [0.1, 0.15) is 49.2 Å². The number of aryl methyl sites for hydroxylation is 3. The van der Waals surface area contributed by atoms with Gasteiger partial charge in [0.25, 0.3) is 18.2 Å². The highest BCUT2D eigenvalue weighted by Gasteiger charge is 2.27. The Kier molecular flexibility index (Phi) is 5.48. The number of nitrogens with zero attached hydrogens (tertiary/aromatic N) is 5. The minimum atomic E-state index is -2.83. The quantitative estimate of drug-likeness (QED) is 0.458. The lowest BCUT2D eigenvalue weighted by Gasteiger charge is -2.11. The van der Waals surface area contributed by atoms with Crippen LogP contribution < -0.4 is 11.1 Å². The van der Waals surface area contributed by atoms with Crippen molar-refractivity contribution in [3.8, 4) is 11.1 Å². The first-order chi connectivity index (χ1) is 15.5. The van der Waals surface area contributed by atoms with Crippen molar-refractivity contribution in [3.05, 3.63) is 45.5 Å². The number of nitrogens with two attached hydrogens (primary N) is 1. The summed E-state index contributed by atoms with van der Waals surface area (Å²) in [6.07, 6.45) is -1.29. The van der Waals surface area contributed by atoms with Crippen molar-refractivity contribution in [1.82, 2.24) is 24.5 Å². The number of nitrogens with one attached hydrogen (secondary N) is 1. The van der Waals surface area contributed by atoms with E-state index in [1.54, 1.807) is 50.4 Å². The summed E-state index contributed by atoms with van der Waals surface area (Å²) in [6, 6.07) is 1.25. The van der Waals surface area contributed by atoms with E-state index >= 15 is 0 Å². The molecule has 0 spiro atoms. The van der Waals surface area contributed by atoms with Crippen molar-refractivity contribution in [2.75, 3.05) is 5.32 Å². The van der Waals surface area contributed by atoms with Gasteiger partial charge in [0, 0.05) is 36.4 Å². The van der Waals surface area contributed by atoms with Gasteiger partial charge in [0.2, 0.25) is 0 Å². The molecule has 172 valence electrons. The maximum Gasteiger partial charge on any atom is 0.280 e. The molecule has 0 radical (unpaired) electrons. The van der Waals surface area contributed by atoms with E-state index in [0.717, 1.165) is 11.3 Å². The van der Waals surface area contributed by atoms with Crippen molar-refractivity contribution >= 4 is 39.1 Å². The zero-order valence-corrected chi connectivity index (χ0v) is 19.3. The summed E-state index contributed by atoms with van der Waals surface area (Å²) < 4.78 is 30.4. The third kappa shape index (κ3) is 3.65. The lowest BCUT2D eigenvalue weighted by atomic mass is 10.0. The minimum absolute atomic E-state index is 0.0132. The number of amides is 2. The van der Waals surface area contributed by atoms with Crippen molar-refractivity contribution in [3.63, 3.8) is 0 Å². The number of hydrogen-bond donors (Lipinski definition) is 2. The van der Waals surface area contributed by atoms with E-state index in [2.05, 4.69) is 20.5 Å². The number of carbonyl (C=O) groups is 2. The first-order valence-corrected chi connectivity index (χ1v) is 10.7. The highest BCUT2D eigenvalue weighted by Crippen LogP contribution is 2.43. The highest BCUT2D eigenvalue weighted by atomic mass is 32.1. The lowest BCUT2D eigenvalue weighted by molar-refractivity contribution is 0.100. The third-order valence-corrected chi connectivity index (χ3v) is 6.73. The molecule has 0 aliphatic heterocycles. The number of rotatable bonds is 5. The van der Waals surface area contributed by atoms with Gasteiger partial charge in [0.15, 0.2) is 0 Å². The predicted molar refractivity (Wildman–Crippen MR) is 121 cm³/mol. The largest absolute Gasteiger partial charge is 0.365 e. The summed E-state index contributed by atoms with van der Waals surface area (Å²) >= 11 is 0.854. The Morgan fingerprint density at radius 1 is 1.12 bits per heavy atom. The summed E-state index contributed by atoms with van der Waals surface area (Å²) in [5.74, 6) is -1.30. The number of halogens is 2. The van der Waals surface area contributed by atoms with Crippen LogP contribution in [0.3, 0.4) is 0 Å². The van der Waals surface area contributed by atoms with Gasteiger partial charge >= 0.3 is 0 Å². The van der Waals surface area contributed by atoms with Crippen molar-refractivity contribution in [1.29, 1.82) is 0 Å². The van der Waals surface area contributed by atoms with E-state index in [9.17, 15) is 18.4 Å². The number of aromatic nitrogens is 5. The topological polar surface area (TPSA) is 121 Å². The molecule has 0 saturated carbocycles. The summed E-state index contributed by atoms with van der Waals surface area (Å²) in [6.45, 7) is 5.23. The maximum absolute atomic E-state index is 13.6. The molecule has 4 rings (SSSR count). The first kappa shape index (κ1) is 22.5.